The summed E-state index contributed by atoms with van der Waals surface area (Å²) in [5, 5.41) is 265. The molecule has 512 valence electrons. The maximum Gasteiger partial charge on any atom is 0.187 e. The molecule has 30 aliphatic rings. The van der Waals surface area contributed by atoms with Crippen LogP contribution in [0.4, 0.5) is 0 Å². The molecule has 30 rings (SSSR count). The van der Waals surface area contributed by atoms with E-state index in [4.69, 9.17) is 75.8 Å². The first kappa shape index (κ1) is 70.7. The molecule has 40 atom stereocenters. The minimum absolute atomic E-state index is 1.08. The van der Waals surface area contributed by atoms with E-state index >= 15 is 0 Å². The topological polar surface area (TPSA) is 633 Å². The molecular weight excluding hydrogens is 1220 g/mol. The van der Waals surface area contributed by atoms with E-state index in [1.807, 2.05) is 0 Å². The lowest BCUT2D eigenvalue weighted by Gasteiger charge is -2.50. The Labute approximate surface area is 496 Å². The summed E-state index contributed by atoms with van der Waals surface area (Å²) < 4.78 is 91.1. The smallest absolute Gasteiger partial charge is 0.187 e. The fourth-order valence-electron chi connectivity index (χ4n) is 11.9. The molecule has 0 unspecified atom stereocenters. The molecule has 30 fully saturated rings. The van der Waals surface area contributed by atoms with E-state index in [-0.39, 0.29) is 0 Å². The van der Waals surface area contributed by atoms with Crippen LogP contribution in [0.25, 0.3) is 0 Å². The van der Waals surface area contributed by atoms with Crippen molar-refractivity contribution in [1.29, 1.82) is 0 Å². The van der Waals surface area contributed by atoms with E-state index in [9.17, 15) is 123 Å². The lowest BCUT2D eigenvalue weighted by Crippen LogP contribution is -2.69. The maximum absolute atomic E-state index is 11.4. The number of ether oxygens (including phenoxy) is 16. The molecule has 30 aliphatic heterocycles. The Hall–Kier alpha value is -1.60. The van der Waals surface area contributed by atoms with Crippen LogP contribution >= 0.6 is 0 Å². The standard InChI is InChI=1S/C48H80O40/c49-1-9-33-17(57)25(65)41(73-9)82-34-10(2-50)75-43(27(67)19(34)59)84-36-12(4-52)77-45(29(69)21(36)61)86-38-14(6-54)79-47(31(71)23(38)63)88-40-16(8-56)80-48(32(72)24(40)64)87-39-15(7-55)78-46(30(70)22(39)62)85-37-13(5-53)76-44(28(68)20(37)60)83-35-11(3-51)74-42(81-33)26(66)18(35)58/h9-72H,1-8H2/t9-,10-,11-,12-,13-,14-,15-,16-,17-,18-,19-,20-,21-,22-,23-,24+,25-,26-,27-,28-,29-,30-,31-,32+,33-,34-,35-,36-,37-,38-,39-,40-,41-,42-,43-,44-,45-,46-,47-,48-/m1/s1. The minimum Gasteiger partial charge on any atom is -0.394 e. The van der Waals surface area contributed by atoms with Gasteiger partial charge < -0.3 is 198 Å². The van der Waals surface area contributed by atoms with Crippen LogP contribution in [-0.2, 0) is 75.8 Å². The highest BCUT2D eigenvalue weighted by molar-refractivity contribution is 5.02. The number of rotatable bonds is 8. The molecule has 16 bridgehead atoms. The second-order valence-corrected chi connectivity index (χ2v) is 22.5. The quantitative estimate of drug-likeness (QED) is 0.107. The molecule has 40 nitrogen and oxygen atoms in total. The molecule has 0 aromatic rings. The zero-order valence-corrected chi connectivity index (χ0v) is 46.0. The Morgan fingerprint density at radius 2 is 0.227 bits per heavy atom. The van der Waals surface area contributed by atoms with Gasteiger partial charge in [0.05, 0.1) is 52.9 Å². The highest BCUT2D eigenvalue weighted by Gasteiger charge is 2.60. The minimum atomic E-state index is -2.25. The van der Waals surface area contributed by atoms with Gasteiger partial charge in [0.25, 0.3) is 0 Å². The van der Waals surface area contributed by atoms with Crippen LogP contribution in [0.15, 0.2) is 0 Å². The van der Waals surface area contributed by atoms with Crippen LogP contribution in [-0.4, -0.2) is 421 Å². The predicted molar refractivity (Wildman–Crippen MR) is 261 cm³/mol. The SMILES string of the molecule is OC[C@H]1O[C@@H]2O[C@H]3[C@H](O)[C@@H](O)[C@@H](O[C@H]4[C@H](O)[C@@H](O)[C@@H](O[C@H]5[C@H](O)[C@@H](O)[C@@H](O[C@H]6[C@H](O)[C@@H](O)[C@@H](O[C@H]7[C@H](O)[C@@H](O)[C@@H](O[C@H]8[C@H](O)[C@@H](O)[C@@H](O[C@H]9[C@@H](O)[C@H](O)[C@@H](O[C@H]1[C@H](O)[C@H]2O)O[C@@H]9CO)O[C@@H]8CO)O[C@@H]7CO)O[C@@H]6CO)O[C@@H]5CO)O[C@@H]4CO)O[C@@H]3CO. The lowest BCUT2D eigenvalue weighted by atomic mass is 9.94. The van der Waals surface area contributed by atoms with Crippen molar-refractivity contribution in [3.63, 3.8) is 0 Å². The van der Waals surface area contributed by atoms with Gasteiger partial charge in [-0.2, -0.15) is 0 Å². The summed E-state index contributed by atoms with van der Waals surface area (Å²) in [6.45, 7) is -8.64. The summed E-state index contributed by atoms with van der Waals surface area (Å²) in [4.78, 5) is 0. The van der Waals surface area contributed by atoms with Gasteiger partial charge in [-0.3, -0.25) is 0 Å². The van der Waals surface area contributed by atoms with E-state index < -0.39 is 299 Å². The Morgan fingerprint density at radius 3 is 0.307 bits per heavy atom. The van der Waals surface area contributed by atoms with Crippen LogP contribution in [0.5, 0.6) is 0 Å². The predicted octanol–water partition coefficient (Wildman–Crippen LogP) is -17.4. The molecule has 30 saturated heterocycles. The number of hydrogen-bond acceptors (Lipinski definition) is 40. The van der Waals surface area contributed by atoms with Crippen molar-refractivity contribution < 1.29 is 198 Å². The van der Waals surface area contributed by atoms with E-state index in [1.54, 1.807) is 0 Å². The van der Waals surface area contributed by atoms with Crippen LogP contribution in [0.3, 0.4) is 0 Å². The van der Waals surface area contributed by atoms with Crippen LogP contribution in [0.2, 0.25) is 0 Å². The summed E-state index contributed by atoms with van der Waals surface area (Å²) in [5.41, 5.74) is 0. The third-order valence-corrected chi connectivity index (χ3v) is 16.9. The first-order valence-corrected chi connectivity index (χ1v) is 28.1. The Kier molecular flexibility index (Phi) is 24.1. The lowest BCUT2D eigenvalue weighted by molar-refractivity contribution is -0.404. The van der Waals surface area contributed by atoms with Gasteiger partial charge in [-0.15, -0.1) is 0 Å². The van der Waals surface area contributed by atoms with Crippen molar-refractivity contribution in [2.45, 2.75) is 246 Å². The molecular formula is C48H80O40. The summed E-state index contributed by atoms with van der Waals surface area (Å²) >= 11 is 0. The van der Waals surface area contributed by atoms with Crippen molar-refractivity contribution >= 4 is 0 Å². The average Bonchev–Trinajstić information content (AvgIpc) is 1.09. The Balaban J connectivity index is 0.975. The second kappa shape index (κ2) is 30.0. The highest BCUT2D eigenvalue weighted by Crippen LogP contribution is 2.40. The molecule has 0 amide bonds. The highest BCUT2D eigenvalue weighted by atomic mass is 16.8. The monoisotopic (exact) mass is 1300 g/mol. The van der Waals surface area contributed by atoms with Crippen LogP contribution in [0.1, 0.15) is 0 Å². The van der Waals surface area contributed by atoms with Gasteiger partial charge in [-0.25, -0.2) is 0 Å². The molecule has 24 N–H and O–H groups in total. The third-order valence-electron chi connectivity index (χ3n) is 16.9. The fraction of sp³-hybridized carbons (Fsp3) is 1.00. The van der Waals surface area contributed by atoms with Crippen LogP contribution < -0.4 is 0 Å². The molecule has 0 aliphatic carbocycles. The number of hydrogen-bond donors (Lipinski definition) is 24. The summed E-state index contributed by atoms with van der Waals surface area (Å²) in [7, 11) is 0. The van der Waals surface area contributed by atoms with Gasteiger partial charge in [0.1, 0.15) is 195 Å². The first-order valence-electron chi connectivity index (χ1n) is 28.1. The van der Waals surface area contributed by atoms with Gasteiger partial charge in [0, 0.05) is 0 Å². The maximum atomic E-state index is 11.4. The largest absolute Gasteiger partial charge is 0.394 e. The Bertz CT molecular complexity index is 1700. The van der Waals surface area contributed by atoms with Crippen molar-refractivity contribution in [2.75, 3.05) is 52.9 Å². The van der Waals surface area contributed by atoms with Crippen molar-refractivity contribution in [1.82, 2.24) is 0 Å². The van der Waals surface area contributed by atoms with Crippen LogP contribution in [0, 0.1) is 0 Å². The first-order chi connectivity index (χ1) is 41.9. The summed E-state index contributed by atoms with van der Waals surface area (Å²) in [6.07, 6.45) is -82.0. The van der Waals surface area contributed by atoms with Gasteiger partial charge in [-0.05, 0) is 0 Å². The zero-order valence-electron chi connectivity index (χ0n) is 46.0. The van der Waals surface area contributed by atoms with E-state index in [0.29, 0.717) is 0 Å². The number of aliphatic hydroxyl groups is 24. The van der Waals surface area contributed by atoms with Gasteiger partial charge in [-0.1, -0.05) is 0 Å². The normalized spacial score (nSPS) is 55.4. The van der Waals surface area contributed by atoms with Crippen molar-refractivity contribution in [2.24, 2.45) is 0 Å². The summed E-state index contributed by atoms with van der Waals surface area (Å²) in [5.74, 6) is 0. The van der Waals surface area contributed by atoms with Crippen molar-refractivity contribution in [3.05, 3.63) is 0 Å². The zero-order chi connectivity index (χ0) is 64.1. The molecule has 40 heteroatoms. The van der Waals surface area contributed by atoms with E-state index in [2.05, 4.69) is 0 Å². The molecule has 0 spiro atoms. The van der Waals surface area contributed by atoms with Gasteiger partial charge >= 0.3 is 0 Å². The van der Waals surface area contributed by atoms with Gasteiger partial charge in [0.2, 0.25) is 0 Å². The number of aliphatic hydroxyl groups excluding tert-OH is 24. The molecule has 0 radical (unpaired) electrons. The molecule has 0 saturated carbocycles. The van der Waals surface area contributed by atoms with E-state index in [1.165, 1.54) is 0 Å². The third kappa shape index (κ3) is 13.8. The molecule has 0 aromatic heterocycles. The summed E-state index contributed by atoms with van der Waals surface area (Å²) in [6, 6.07) is 0. The van der Waals surface area contributed by atoms with Crippen molar-refractivity contribution in [3.8, 4) is 0 Å². The second-order valence-electron chi connectivity index (χ2n) is 22.5. The van der Waals surface area contributed by atoms with Gasteiger partial charge in [0.15, 0.2) is 50.3 Å². The molecule has 30 heterocycles. The molecule has 88 heavy (non-hydrogen) atoms. The van der Waals surface area contributed by atoms with E-state index in [0.717, 1.165) is 0 Å². The average molecular weight is 1300 g/mol. The Morgan fingerprint density at radius 1 is 0.136 bits per heavy atom. The fourth-order valence-corrected chi connectivity index (χ4v) is 11.9. The molecule has 0 aromatic carbocycles.